The van der Waals surface area contributed by atoms with Crippen LogP contribution in [0, 0.1) is 13.8 Å². The van der Waals surface area contributed by atoms with Crippen LogP contribution in [0.4, 0.5) is 0 Å². The van der Waals surface area contributed by atoms with E-state index in [2.05, 4.69) is 5.10 Å². The average Bonchev–Trinajstić information content (AvgIpc) is 3.12. The molecule has 2 aromatic heterocycles. The molecule has 0 aliphatic carbocycles. The normalized spacial score (nSPS) is 17.4. The molecule has 1 fully saturated rings. The topological polar surface area (TPSA) is 32.7 Å². The number of carbonyl (C=O) groups excluding carboxylic acids is 1. The summed E-state index contributed by atoms with van der Waals surface area (Å²) in [5, 5.41) is 5.53. The van der Waals surface area contributed by atoms with Crippen molar-refractivity contribution in [1.82, 2.24) is 5.01 Å². The summed E-state index contributed by atoms with van der Waals surface area (Å²) in [7, 11) is 0. The van der Waals surface area contributed by atoms with Gasteiger partial charge in [-0.15, -0.1) is 22.7 Å². The molecular formula is C15H12N2OS4. The molecule has 3 heterocycles. The monoisotopic (exact) mass is 364 g/mol. The molecule has 0 N–H and O–H groups in total. The van der Waals surface area contributed by atoms with E-state index >= 15 is 0 Å². The molecule has 0 unspecified atom stereocenters. The van der Waals surface area contributed by atoms with Crippen molar-refractivity contribution in [3.63, 3.8) is 0 Å². The Morgan fingerprint density at radius 1 is 1.09 bits per heavy atom. The second-order valence-corrected chi connectivity index (χ2v) is 8.95. The van der Waals surface area contributed by atoms with Crippen LogP contribution in [-0.4, -0.2) is 21.5 Å². The minimum atomic E-state index is -0.161. The van der Waals surface area contributed by atoms with Gasteiger partial charge in [-0.05, 0) is 56.4 Å². The van der Waals surface area contributed by atoms with Gasteiger partial charge in [0.25, 0.3) is 5.91 Å². The Balaban J connectivity index is 1.79. The minimum Gasteiger partial charge on any atom is -0.266 e. The molecule has 0 radical (unpaired) electrons. The molecule has 0 saturated carbocycles. The molecule has 22 heavy (non-hydrogen) atoms. The van der Waals surface area contributed by atoms with E-state index in [1.165, 1.54) is 26.5 Å². The van der Waals surface area contributed by atoms with E-state index in [9.17, 15) is 4.79 Å². The third-order valence-electron chi connectivity index (χ3n) is 2.87. The van der Waals surface area contributed by atoms with Crippen molar-refractivity contribution in [3.8, 4) is 0 Å². The highest BCUT2D eigenvalue weighted by Gasteiger charge is 2.32. The second kappa shape index (κ2) is 6.45. The Bertz CT molecular complexity index is 800. The van der Waals surface area contributed by atoms with Crippen LogP contribution >= 0.6 is 46.7 Å². The van der Waals surface area contributed by atoms with Crippen molar-refractivity contribution < 1.29 is 4.79 Å². The quantitative estimate of drug-likeness (QED) is 0.451. The molecule has 1 aliphatic rings. The first-order valence-electron chi connectivity index (χ1n) is 6.48. The Labute approximate surface area is 146 Å². The molecule has 0 spiro atoms. The number of amides is 1. The maximum absolute atomic E-state index is 12.4. The van der Waals surface area contributed by atoms with E-state index in [0.29, 0.717) is 9.23 Å². The van der Waals surface area contributed by atoms with Gasteiger partial charge in [0.05, 0.1) is 11.1 Å². The van der Waals surface area contributed by atoms with E-state index < -0.39 is 0 Å². The molecule has 3 rings (SSSR count). The van der Waals surface area contributed by atoms with Crippen LogP contribution in [0.1, 0.15) is 19.5 Å². The lowest BCUT2D eigenvalue weighted by Gasteiger charge is -2.05. The van der Waals surface area contributed by atoms with E-state index in [1.54, 1.807) is 28.9 Å². The minimum absolute atomic E-state index is 0.161. The van der Waals surface area contributed by atoms with Gasteiger partial charge in [-0.1, -0.05) is 11.8 Å². The number of thioether (sulfide) groups is 1. The number of thiophene rings is 2. The molecule has 3 nitrogen and oxygen atoms in total. The first-order valence-corrected chi connectivity index (χ1v) is 9.33. The fourth-order valence-electron chi connectivity index (χ4n) is 1.86. The van der Waals surface area contributed by atoms with Gasteiger partial charge in [0.1, 0.15) is 0 Å². The Morgan fingerprint density at radius 3 is 2.32 bits per heavy atom. The van der Waals surface area contributed by atoms with Gasteiger partial charge in [-0.2, -0.15) is 10.1 Å². The SMILES string of the molecule is Cc1ccc(C=NN2C(=O)C(=Cc3ccc(C)s3)SC2=S)s1. The molecule has 2 aromatic rings. The molecule has 0 atom stereocenters. The zero-order valence-corrected chi connectivity index (χ0v) is 15.2. The van der Waals surface area contributed by atoms with Gasteiger partial charge in [0.2, 0.25) is 0 Å². The third-order valence-corrected chi connectivity index (χ3v) is 6.04. The maximum atomic E-state index is 12.4. The number of hydrogen-bond donors (Lipinski definition) is 0. The van der Waals surface area contributed by atoms with Crippen molar-refractivity contribution in [3.05, 3.63) is 48.7 Å². The molecule has 1 amide bonds. The third kappa shape index (κ3) is 3.38. The van der Waals surface area contributed by atoms with Crippen LogP contribution in [0.25, 0.3) is 6.08 Å². The lowest BCUT2D eigenvalue weighted by atomic mass is 10.4. The van der Waals surface area contributed by atoms with Crippen LogP contribution < -0.4 is 0 Å². The highest BCUT2D eigenvalue weighted by Crippen LogP contribution is 2.34. The molecule has 0 bridgehead atoms. The number of carbonyl (C=O) groups is 1. The fourth-order valence-corrected chi connectivity index (χ4v) is 4.66. The van der Waals surface area contributed by atoms with Crippen LogP contribution in [0.15, 0.2) is 34.3 Å². The molecule has 7 heteroatoms. The Hall–Kier alpha value is -1.28. The highest BCUT2D eigenvalue weighted by molar-refractivity contribution is 8.26. The van der Waals surface area contributed by atoms with Gasteiger partial charge in [0.15, 0.2) is 4.32 Å². The van der Waals surface area contributed by atoms with Gasteiger partial charge >= 0.3 is 0 Å². The number of nitrogens with zero attached hydrogens (tertiary/aromatic N) is 2. The summed E-state index contributed by atoms with van der Waals surface area (Å²) in [6.45, 7) is 4.08. The van der Waals surface area contributed by atoms with E-state index in [0.717, 1.165) is 9.75 Å². The summed E-state index contributed by atoms with van der Waals surface area (Å²) in [5.74, 6) is -0.161. The lowest BCUT2D eigenvalue weighted by molar-refractivity contribution is -0.122. The molecule has 1 saturated heterocycles. The van der Waals surface area contributed by atoms with Crippen LogP contribution in [0.3, 0.4) is 0 Å². The number of hydrogen-bond acceptors (Lipinski definition) is 6. The number of hydrazone groups is 1. The van der Waals surface area contributed by atoms with Crippen molar-refractivity contribution in [2.45, 2.75) is 13.8 Å². The fraction of sp³-hybridized carbons (Fsp3) is 0.133. The zero-order chi connectivity index (χ0) is 15.7. The highest BCUT2D eigenvalue weighted by atomic mass is 32.2. The van der Waals surface area contributed by atoms with Gasteiger partial charge in [0, 0.05) is 19.5 Å². The summed E-state index contributed by atoms with van der Waals surface area (Å²) in [6, 6.07) is 8.04. The van der Waals surface area contributed by atoms with Gasteiger partial charge < -0.3 is 0 Å². The van der Waals surface area contributed by atoms with Crippen molar-refractivity contribution in [2.24, 2.45) is 5.10 Å². The summed E-state index contributed by atoms with van der Waals surface area (Å²) >= 11 is 9.83. The largest absolute Gasteiger partial charge is 0.286 e. The predicted octanol–water partition coefficient (Wildman–Crippen LogP) is 4.66. The number of thiocarbonyl (C=S) groups is 1. The van der Waals surface area contributed by atoms with E-state index in [1.807, 2.05) is 44.2 Å². The van der Waals surface area contributed by atoms with Crippen LogP contribution in [0.5, 0.6) is 0 Å². The summed E-state index contributed by atoms with van der Waals surface area (Å²) in [4.78, 5) is 17.5. The average molecular weight is 365 g/mol. The summed E-state index contributed by atoms with van der Waals surface area (Å²) < 4.78 is 0.467. The Morgan fingerprint density at radius 2 is 1.73 bits per heavy atom. The first kappa shape index (κ1) is 15.6. The molecular weight excluding hydrogens is 352 g/mol. The number of aryl methyl sites for hydroxylation is 2. The molecule has 1 aliphatic heterocycles. The molecule has 0 aromatic carbocycles. The van der Waals surface area contributed by atoms with Crippen LogP contribution in [-0.2, 0) is 4.79 Å². The summed E-state index contributed by atoms with van der Waals surface area (Å²) in [5.41, 5.74) is 0. The second-order valence-electron chi connectivity index (χ2n) is 4.63. The zero-order valence-electron chi connectivity index (χ0n) is 11.9. The predicted molar refractivity (Wildman–Crippen MR) is 101 cm³/mol. The van der Waals surface area contributed by atoms with E-state index in [4.69, 9.17) is 12.2 Å². The van der Waals surface area contributed by atoms with Gasteiger partial charge in [-0.3, -0.25) is 4.79 Å². The van der Waals surface area contributed by atoms with E-state index in [-0.39, 0.29) is 5.91 Å². The van der Waals surface area contributed by atoms with Crippen molar-refractivity contribution in [1.29, 1.82) is 0 Å². The Kier molecular flexibility index (Phi) is 4.58. The maximum Gasteiger partial charge on any atom is 0.286 e. The first-order chi connectivity index (χ1) is 10.5. The van der Waals surface area contributed by atoms with Crippen LogP contribution in [0.2, 0.25) is 0 Å². The van der Waals surface area contributed by atoms with Crippen molar-refractivity contribution in [2.75, 3.05) is 0 Å². The van der Waals surface area contributed by atoms with Crippen molar-refractivity contribution >= 4 is 69.2 Å². The number of rotatable bonds is 3. The standard InChI is InChI=1S/C15H12N2OS4/c1-9-3-5-11(20-9)7-13-14(18)17(15(19)22-13)16-8-12-6-4-10(2)21-12/h3-8H,1-2H3. The smallest absolute Gasteiger partial charge is 0.266 e. The molecule has 112 valence electrons. The lowest BCUT2D eigenvalue weighted by Crippen LogP contribution is -2.21. The summed E-state index contributed by atoms with van der Waals surface area (Å²) in [6.07, 6.45) is 3.56. The van der Waals surface area contributed by atoms with Gasteiger partial charge in [-0.25, -0.2) is 0 Å².